The summed E-state index contributed by atoms with van der Waals surface area (Å²) in [6.07, 6.45) is 1.08. The van der Waals surface area contributed by atoms with E-state index in [4.69, 9.17) is 5.73 Å². The summed E-state index contributed by atoms with van der Waals surface area (Å²) in [7, 11) is 0. The molecule has 0 aliphatic carbocycles. The minimum atomic E-state index is -0.354. The van der Waals surface area contributed by atoms with Gasteiger partial charge >= 0.3 is 0 Å². The third-order valence-electron chi connectivity index (χ3n) is 5.88. The average Bonchev–Trinajstić information content (AvgIpc) is 3.30. The molecule has 0 bridgehead atoms. The molecule has 2 aromatic heterocycles. The number of fused-ring (bicyclic) bond motifs is 1. The smallest absolute Gasteiger partial charge is 0.264 e. The van der Waals surface area contributed by atoms with Crippen molar-refractivity contribution in [3.8, 4) is 17.5 Å². The fourth-order valence-electron chi connectivity index (χ4n) is 4.27. The second-order valence-electron chi connectivity index (χ2n) is 8.34. The summed E-state index contributed by atoms with van der Waals surface area (Å²) in [5.74, 6) is 7.05. The number of nitrogen functional groups attached to an aromatic ring is 1. The number of aliphatic imine (C=N–C) groups is 1. The Balaban J connectivity index is 1.69. The lowest BCUT2D eigenvalue weighted by Gasteiger charge is -2.22. The molecule has 4 aromatic rings. The molecule has 0 radical (unpaired) electrons. The highest BCUT2D eigenvalue weighted by Gasteiger charge is 2.23. The first-order chi connectivity index (χ1) is 17.5. The van der Waals surface area contributed by atoms with Gasteiger partial charge in [0.15, 0.2) is 12.0 Å². The van der Waals surface area contributed by atoms with Gasteiger partial charge in [-0.15, -0.1) is 11.0 Å². The zero-order chi connectivity index (χ0) is 25.2. The normalized spacial score (nSPS) is 15.3. The summed E-state index contributed by atoms with van der Waals surface area (Å²) >= 11 is 0. The Morgan fingerprint density at radius 2 is 1.92 bits per heavy atom. The van der Waals surface area contributed by atoms with Gasteiger partial charge in [-0.1, -0.05) is 36.3 Å². The van der Waals surface area contributed by atoms with Gasteiger partial charge in [0.2, 0.25) is 0 Å². The molecule has 9 heteroatoms. The van der Waals surface area contributed by atoms with E-state index < -0.39 is 0 Å². The van der Waals surface area contributed by atoms with Gasteiger partial charge in [-0.3, -0.25) is 9.36 Å². The molecule has 0 saturated carbocycles. The molecule has 36 heavy (non-hydrogen) atoms. The largest absolute Gasteiger partial charge is 0.383 e. The molecule has 9 nitrogen and oxygen atoms in total. The van der Waals surface area contributed by atoms with E-state index in [0.29, 0.717) is 28.2 Å². The summed E-state index contributed by atoms with van der Waals surface area (Å²) < 4.78 is 1.71. The molecule has 1 aliphatic rings. The first kappa shape index (κ1) is 22.9. The van der Waals surface area contributed by atoms with Gasteiger partial charge in [-0.05, 0) is 50.4 Å². The van der Waals surface area contributed by atoms with Crippen LogP contribution in [-0.2, 0) is 0 Å². The van der Waals surface area contributed by atoms with Crippen LogP contribution in [0.25, 0.3) is 16.5 Å². The molecule has 3 N–H and O–H groups in total. The summed E-state index contributed by atoms with van der Waals surface area (Å²) in [5, 5.41) is 13.0. The van der Waals surface area contributed by atoms with Crippen LogP contribution in [0.3, 0.4) is 0 Å². The van der Waals surface area contributed by atoms with E-state index >= 15 is 0 Å². The van der Waals surface area contributed by atoms with Crippen LogP contribution in [0.5, 0.6) is 0 Å². The lowest BCUT2D eigenvalue weighted by atomic mass is 10.0. The Morgan fingerprint density at radius 1 is 1.11 bits per heavy atom. The van der Waals surface area contributed by atoms with Crippen LogP contribution in [0.15, 0.2) is 80.9 Å². The molecule has 1 aliphatic heterocycles. The van der Waals surface area contributed by atoms with E-state index in [0.717, 1.165) is 16.8 Å². The number of anilines is 2. The molecule has 2 aromatic carbocycles. The standard InChI is InChI=1S/C27H24N8O/c1-4-9-18-10-8-11-19-14-21(35(27(36)22(18)19)20-12-6-5-7-13-20)16(2)31-25-23(24(28)29-15-30-25)26-32-17(3)33-34-26/h5-8,10-17H,1-3H3,(H3,28,29,30,31)/t16-,17?/m0/s1. The lowest BCUT2D eigenvalue weighted by Crippen LogP contribution is -2.26. The SMILES string of the molecule is CC#Cc1cccc2cc([C@H](C)Nc3ncnc(N)c3C3=NC(C)N=N3)n(-c3ccccc3)c(=O)c12. The molecular weight excluding hydrogens is 452 g/mol. The number of nitrogens with two attached hydrogens (primary N) is 1. The molecule has 2 atom stereocenters. The predicted octanol–water partition coefficient (Wildman–Crippen LogP) is 4.47. The fourth-order valence-corrected chi connectivity index (χ4v) is 4.27. The van der Waals surface area contributed by atoms with E-state index in [-0.39, 0.29) is 23.6 Å². The quantitative estimate of drug-likeness (QED) is 0.412. The number of rotatable bonds is 5. The van der Waals surface area contributed by atoms with Crippen LogP contribution in [0.4, 0.5) is 11.6 Å². The zero-order valence-electron chi connectivity index (χ0n) is 20.1. The van der Waals surface area contributed by atoms with Crippen LogP contribution in [-0.4, -0.2) is 26.5 Å². The Bertz CT molecular complexity index is 1640. The van der Waals surface area contributed by atoms with Crippen molar-refractivity contribution in [2.75, 3.05) is 11.1 Å². The molecule has 0 spiro atoms. The Kier molecular flexibility index (Phi) is 6.00. The summed E-state index contributed by atoms with van der Waals surface area (Å²) in [6.45, 7) is 5.55. The monoisotopic (exact) mass is 476 g/mol. The number of hydrogen-bond donors (Lipinski definition) is 2. The Labute approximate surface area is 207 Å². The van der Waals surface area contributed by atoms with Gasteiger partial charge in [0, 0.05) is 16.9 Å². The van der Waals surface area contributed by atoms with Crippen molar-refractivity contribution >= 4 is 28.2 Å². The average molecular weight is 477 g/mol. The van der Waals surface area contributed by atoms with Crippen LogP contribution in [0, 0.1) is 11.8 Å². The number of hydrogen-bond acceptors (Lipinski definition) is 8. The van der Waals surface area contributed by atoms with E-state index in [1.807, 2.05) is 68.4 Å². The molecule has 178 valence electrons. The van der Waals surface area contributed by atoms with Gasteiger partial charge in [-0.25, -0.2) is 15.0 Å². The summed E-state index contributed by atoms with van der Waals surface area (Å²) in [5.41, 5.74) is 8.70. The highest BCUT2D eigenvalue weighted by Crippen LogP contribution is 2.28. The van der Waals surface area contributed by atoms with Crippen molar-refractivity contribution in [1.82, 2.24) is 14.5 Å². The second-order valence-corrected chi connectivity index (χ2v) is 8.34. The minimum Gasteiger partial charge on any atom is -0.383 e. The van der Waals surface area contributed by atoms with E-state index in [2.05, 4.69) is 42.3 Å². The maximum Gasteiger partial charge on any atom is 0.264 e. The van der Waals surface area contributed by atoms with Crippen molar-refractivity contribution in [2.24, 2.45) is 15.2 Å². The van der Waals surface area contributed by atoms with E-state index in [1.165, 1.54) is 6.33 Å². The first-order valence-electron chi connectivity index (χ1n) is 11.5. The number of para-hydroxylation sites is 1. The number of aromatic nitrogens is 3. The second kappa shape index (κ2) is 9.43. The van der Waals surface area contributed by atoms with Crippen LogP contribution >= 0.6 is 0 Å². The van der Waals surface area contributed by atoms with Gasteiger partial charge in [0.25, 0.3) is 5.56 Å². The third-order valence-corrected chi connectivity index (χ3v) is 5.88. The van der Waals surface area contributed by atoms with Gasteiger partial charge < -0.3 is 11.1 Å². The number of nitrogens with zero attached hydrogens (tertiary/aromatic N) is 6. The molecule has 0 amide bonds. The van der Waals surface area contributed by atoms with E-state index in [1.54, 1.807) is 11.5 Å². The topological polar surface area (TPSA) is 123 Å². The van der Waals surface area contributed by atoms with Gasteiger partial charge in [0.05, 0.1) is 11.4 Å². The third kappa shape index (κ3) is 4.09. The maximum atomic E-state index is 13.9. The fraction of sp³-hybridized carbons (Fsp3) is 0.185. The maximum absolute atomic E-state index is 13.9. The number of benzene rings is 2. The summed E-state index contributed by atoms with van der Waals surface area (Å²) in [4.78, 5) is 26.9. The number of amidine groups is 1. The van der Waals surface area contributed by atoms with Gasteiger partial charge in [-0.2, -0.15) is 5.11 Å². The highest BCUT2D eigenvalue weighted by atomic mass is 16.1. The highest BCUT2D eigenvalue weighted by molar-refractivity contribution is 6.07. The number of azo groups is 1. The van der Waals surface area contributed by atoms with E-state index in [9.17, 15) is 4.79 Å². The molecule has 1 unspecified atom stereocenters. The summed E-state index contributed by atoms with van der Waals surface area (Å²) in [6, 6.07) is 16.9. The van der Waals surface area contributed by atoms with Gasteiger partial charge in [0.1, 0.15) is 23.5 Å². The predicted molar refractivity (Wildman–Crippen MR) is 141 cm³/mol. The molecule has 5 rings (SSSR count). The molecule has 0 saturated heterocycles. The van der Waals surface area contributed by atoms with Crippen molar-refractivity contribution < 1.29 is 0 Å². The van der Waals surface area contributed by atoms with Crippen molar-refractivity contribution in [3.05, 3.63) is 88.1 Å². The zero-order valence-corrected chi connectivity index (χ0v) is 20.1. The molecular formula is C27H24N8O. The van der Waals surface area contributed by atoms with Crippen molar-refractivity contribution in [1.29, 1.82) is 0 Å². The lowest BCUT2D eigenvalue weighted by molar-refractivity contribution is 0.772. The first-order valence-corrected chi connectivity index (χ1v) is 11.5. The van der Waals surface area contributed by atoms with Crippen molar-refractivity contribution in [2.45, 2.75) is 33.0 Å². The van der Waals surface area contributed by atoms with Crippen molar-refractivity contribution in [3.63, 3.8) is 0 Å². The molecule has 3 heterocycles. The Morgan fingerprint density at radius 3 is 2.64 bits per heavy atom. The van der Waals surface area contributed by atoms with Crippen LogP contribution in [0.2, 0.25) is 0 Å². The van der Waals surface area contributed by atoms with Crippen LogP contribution in [0.1, 0.15) is 43.6 Å². The number of nitrogens with one attached hydrogen (secondary N) is 1. The van der Waals surface area contributed by atoms with Crippen LogP contribution < -0.4 is 16.6 Å². The minimum absolute atomic E-state index is 0.147. The molecule has 0 fully saturated rings. The number of pyridine rings is 1. The Hall–Kier alpha value is -4.84.